The zero-order valence-electron chi connectivity index (χ0n) is 11.8. The molecule has 2 aromatic carbocycles. The fourth-order valence-electron chi connectivity index (χ4n) is 2.00. The molecule has 2 rings (SSSR count). The molecule has 0 fully saturated rings. The molecule has 3 N–H and O–H groups in total. The van der Waals surface area contributed by atoms with Crippen molar-refractivity contribution in [3.05, 3.63) is 53.1 Å². The Labute approximate surface area is 123 Å². The second-order valence-electron chi connectivity index (χ2n) is 4.61. The first-order valence-electron chi connectivity index (χ1n) is 6.30. The lowest BCUT2D eigenvalue weighted by Crippen LogP contribution is -2.13. The van der Waals surface area contributed by atoms with Crippen LogP contribution < -0.4 is 15.8 Å². The van der Waals surface area contributed by atoms with Crippen molar-refractivity contribution in [2.75, 3.05) is 18.2 Å². The molecule has 0 saturated carbocycles. The molecule has 0 aliphatic carbocycles. The number of anilines is 2. The molecule has 0 atom stereocenters. The summed E-state index contributed by atoms with van der Waals surface area (Å²) in [5, 5.41) is 11.6. The number of nitrogens with zero attached hydrogens (tertiary/aromatic N) is 1. The van der Waals surface area contributed by atoms with Gasteiger partial charge in [-0.25, -0.2) is 0 Å². The van der Waals surface area contributed by atoms with E-state index in [0.29, 0.717) is 28.3 Å². The van der Waals surface area contributed by atoms with Crippen LogP contribution in [0.3, 0.4) is 0 Å². The molecule has 0 aliphatic heterocycles. The van der Waals surface area contributed by atoms with Crippen LogP contribution in [0.25, 0.3) is 0 Å². The highest BCUT2D eigenvalue weighted by Gasteiger charge is 2.11. The highest BCUT2D eigenvalue weighted by Crippen LogP contribution is 2.26. The summed E-state index contributed by atoms with van der Waals surface area (Å²) in [4.78, 5) is 12.3. The van der Waals surface area contributed by atoms with E-state index in [1.165, 1.54) is 7.11 Å². The van der Waals surface area contributed by atoms with Crippen molar-refractivity contribution < 1.29 is 9.53 Å². The molecule has 0 bridgehead atoms. The Hall–Kier alpha value is -3.00. The van der Waals surface area contributed by atoms with Crippen LogP contribution in [-0.4, -0.2) is 13.0 Å². The summed E-state index contributed by atoms with van der Waals surface area (Å²) in [5.74, 6) is 0.149. The van der Waals surface area contributed by atoms with E-state index in [1.807, 2.05) is 13.0 Å². The summed E-state index contributed by atoms with van der Waals surface area (Å²) in [5.41, 5.74) is 8.62. The predicted octanol–water partition coefficient (Wildman–Crippen LogP) is 2.71. The Kier molecular flexibility index (Phi) is 4.10. The first-order chi connectivity index (χ1) is 10.0. The maximum absolute atomic E-state index is 12.3. The first kappa shape index (κ1) is 14.4. The van der Waals surface area contributed by atoms with Gasteiger partial charge in [0.15, 0.2) is 0 Å². The van der Waals surface area contributed by atoms with Crippen LogP contribution >= 0.6 is 0 Å². The zero-order valence-corrected chi connectivity index (χ0v) is 11.8. The topological polar surface area (TPSA) is 88.1 Å². The van der Waals surface area contributed by atoms with Gasteiger partial charge < -0.3 is 15.8 Å². The Morgan fingerprint density at radius 2 is 2.05 bits per heavy atom. The summed E-state index contributed by atoms with van der Waals surface area (Å²) in [6.07, 6.45) is 0. The van der Waals surface area contributed by atoms with Gasteiger partial charge in [0.1, 0.15) is 5.75 Å². The van der Waals surface area contributed by atoms with Crippen molar-refractivity contribution in [3.8, 4) is 11.8 Å². The van der Waals surface area contributed by atoms with Gasteiger partial charge in [0.05, 0.1) is 24.4 Å². The monoisotopic (exact) mass is 281 g/mol. The molecule has 0 saturated heterocycles. The summed E-state index contributed by atoms with van der Waals surface area (Å²) in [7, 11) is 1.48. The van der Waals surface area contributed by atoms with Crippen molar-refractivity contribution in [2.24, 2.45) is 0 Å². The molecule has 0 aromatic heterocycles. The molecule has 5 heteroatoms. The van der Waals surface area contributed by atoms with Gasteiger partial charge in [-0.3, -0.25) is 4.79 Å². The number of hydrogen-bond acceptors (Lipinski definition) is 4. The van der Waals surface area contributed by atoms with Gasteiger partial charge in [0.25, 0.3) is 5.91 Å². The number of carbonyl (C=O) groups is 1. The van der Waals surface area contributed by atoms with Gasteiger partial charge >= 0.3 is 0 Å². The minimum atomic E-state index is -0.284. The van der Waals surface area contributed by atoms with Gasteiger partial charge in [-0.05, 0) is 42.8 Å². The van der Waals surface area contributed by atoms with Crippen LogP contribution in [0.1, 0.15) is 21.5 Å². The Balaban J connectivity index is 2.29. The van der Waals surface area contributed by atoms with Crippen LogP contribution in [0.2, 0.25) is 0 Å². The minimum absolute atomic E-state index is 0.284. The van der Waals surface area contributed by atoms with Crippen molar-refractivity contribution in [1.82, 2.24) is 0 Å². The van der Waals surface area contributed by atoms with E-state index in [4.69, 9.17) is 15.7 Å². The van der Waals surface area contributed by atoms with E-state index >= 15 is 0 Å². The van der Waals surface area contributed by atoms with Gasteiger partial charge in [-0.1, -0.05) is 0 Å². The van der Waals surface area contributed by atoms with Gasteiger partial charge in [0, 0.05) is 17.3 Å². The van der Waals surface area contributed by atoms with E-state index in [9.17, 15) is 4.79 Å². The van der Waals surface area contributed by atoms with Gasteiger partial charge in [-0.2, -0.15) is 5.26 Å². The molecule has 0 spiro atoms. The average Bonchev–Trinajstić information content (AvgIpc) is 2.46. The quantitative estimate of drug-likeness (QED) is 0.847. The van der Waals surface area contributed by atoms with Crippen LogP contribution in [0.4, 0.5) is 11.4 Å². The number of aryl methyl sites for hydroxylation is 1. The highest BCUT2D eigenvalue weighted by molar-refractivity contribution is 6.05. The average molecular weight is 281 g/mol. The normalized spacial score (nSPS) is 9.76. The number of benzene rings is 2. The lowest BCUT2D eigenvalue weighted by Gasteiger charge is -2.11. The summed E-state index contributed by atoms with van der Waals surface area (Å²) in [6, 6.07) is 12.0. The standard InChI is InChI=1S/C16H15N3O2/c1-10-5-12(8-13(18)6-10)16(20)19-14-4-3-11(9-17)7-15(14)21-2/h3-8H,18H2,1-2H3,(H,19,20). The molecule has 0 aliphatic rings. The van der Waals surface area contributed by atoms with E-state index in [1.54, 1.807) is 36.4 Å². The fourth-order valence-corrected chi connectivity index (χ4v) is 2.00. The fraction of sp³-hybridized carbons (Fsp3) is 0.125. The second-order valence-corrected chi connectivity index (χ2v) is 4.61. The molecule has 0 unspecified atom stereocenters. The van der Waals surface area contributed by atoms with E-state index in [2.05, 4.69) is 5.32 Å². The molecule has 21 heavy (non-hydrogen) atoms. The molecular weight excluding hydrogens is 266 g/mol. The zero-order chi connectivity index (χ0) is 15.4. The number of methoxy groups -OCH3 is 1. The molecule has 2 aromatic rings. The number of nitrogens with two attached hydrogens (primary N) is 1. The van der Waals surface area contributed by atoms with E-state index in [-0.39, 0.29) is 5.91 Å². The molecule has 106 valence electrons. The largest absolute Gasteiger partial charge is 0.495 e. The van der Waals surface area contributed by atoms with Gasteiger partial charge in [-0.15, -0.1) is 0 Å². The van der Waals surface area contributed by atoms with Crippen molar-refractivity contribution in [1.29, 1.82) is 5.26 Å². The number of rotatable bonds is 3. The first-order valence-corrected chi connectivity index (χ1v) is 6.30. The number of nitriles is 1. The van der Waals surface area contributed by atoms with Crippen LogP contribution in [0, 0.1) is 18.3 Å². The number of hydrogen-bond donors (Lipinski definition) is 2. The molecular formula is C16H15N3O2. The summed E-state index contributed by atoms with van der Waals surface area (Å²) < 4.78 is 5.18. The minimum Gasteiger partial charge on any atom is -0.495 e. The van der Waals surface area contributed by atoms with Crippen LogP contribution in [0.15, 0.2) is 36.4 Å². The van der Waals surface area contributed by atoms with E-state index < -0.39 is 0 Å². The van der Waals surface area contributed by atoms with Gasteiger partial charge in [0.2, 0.25) is 0 Å². The third-order valence-corrected chi connectivity index (χ3v) is 2.94. The third kappa shape index (κ3) is 3.31. The van der Waals surface area contributed by atoms with Crippen LogP contribution in [0.5, 0.6) is 5.75 Å². The van der Waals surface area contributed by atoms with Crippen molar-refractivity contribution in [2.45, 2.75) is 6.92 Å². The Morgan fingerprint density at radius 1 is 1.29 bits per heavy atom. The lowest BCUT2D eigenvalue weighted by molar-refractivity contribution is 0.102. The summed E-state index contributed by atoms with van der Waals surface area (Å²) in [6.45, 7) is 1.87. The lowest BCUT2D eigenvalue weighted by atomic mass is 10.1. The third-order valence-electron chi connectivity index (χ3n) is 2.94. The number of amides is 1. The molecule has 1 amide bonds. The molecule has 5 nitrogen and oxygen atoms in total. The van der Waals surface area contributed by atoms with Crippen molar-refractivity contribution >= 4 is 17.3 Å². The second kappa shape index (κ2) is 5.97. The SMILES string of the molecule is COc1cc(C#N)ccc1NC(=O)c1cc(C)cc(N)c1. The molecule has 0 radical (unpaired) electrons. The van der Waals surface area contributed by atoms with Crippen LogP contribution in [-0.2, 0) is 0 Å². The number of ether oxygens (including phenoxy) is 1. The Morgan fingerprint density at radius 3 is 2.67 bits per heavy atom. The number of carbonyl (C=O) groups excluding carboxylic acids is 1. The number of nitrogens with one attached hydrogen (secondary N) is 1. The Bertz CT molecular complexity index is 713. The maximum atomic E-state index is 12.3. The smallest absolute Gasteiger partial charge is 0.255 e. The van der Waals surface area contributed by atoms with E-state index in [0.717, 1.165) is 5.56 Å². The maximum Gasteiger partial charge on any atom is 0.255 e. The summed E-state index contributed by atoms with van der Waals surface area (Å²) >= 11 is 0. The number of nitrogen functional groups attached to an aromatic ring is 1. The molecule has 0 heterocycles. The predicted molar refractivity (Wildman–Crippen MR) is 81.3 cm³/mol. The van der Waals surface area contributed by atoms with Crippen molar-refractivity contribution in [3.63, 3.8) is 0 Å². The highest BCUT2D eigenvalue weighted by atomic mass is 16.5.